The van der Waals surface area contributed by atoms with Crippen molar-refractivity contribution < 1.29 is 19.0 Å². The van der Waals surface area contributed by atoms with Crippen molar-refractivity contribution in [2.75, 3.05) is 0 Å². The fourth-order valence-electron chi connectivity index (χ4n) is 3.61. The quantitative estimate of drug-likeness (QED) is 0.218. The van der Waals surface area contributed by atoms with Crippen molar-refractivity contribution in [2.24, 2.45) is 5.92 Å². The van der Waals surface area contributed by atoms with E-state index in [0.717, 1.165) is 16.7 Å². The van der Waals surface area contributed by atoms with Crippen LogP contribution < -0.4 is 14.2 Å². The van der Waals surface area contributed by atoms with E-state index < -0.39 is 0 Å². The van der Waals surface area contributed by atoms with Crippen LogP contribution in [0.2, 0.25) is 0 Å². The zero-order chi connectivity index (χ0) is 24.5. The maximum Gasteiger partial charge on any atom is 0.203 e. The zero-order valence-corrected chi connectivity index (χ0v) is 20.1. The molecule has 0 unspecified atom stereocenters. The molecule has 0 aromatic heterocycles. The molecule has 0 bridgehead atoms. The third-order valence-corrected chi connectivity index (χ3v) is 5.53. The molecule has 0 aliphatic carbocycles. The molecule has 0 aliphatic heterocycles. The highest BCUT2D eigenvalue weighted by Crippen LogP contribution is 2.41. The summed E-state index contributed by atoms with van der Waals surface area (Å²) >= 11 is 0. The molecule has 0 N–H and O–H groups in total. The minimum atomic E-state index is -0.157. The molecular weight excluding hydrogens is 436 g/mol. The zero-order valence-electron chi connectivity index (χ0n) is 20.1. The molecular formula is C31H30O4. The number of hydrogen-bond acceptors (Lipinski definition) is 4. The summed E-state index contributed by atoms with van der Waals surface area (Å²) < 4.78 is 18.7. The molecule has 0 saturated carbocycles. The average molecular weight is 467 g/mol. The van der Waals surface area contributed by atoms with Gasteiger partial charge in [-0.15, -0.1) is 0 Å². The van der Waals surface area contributed by atoms with Crippen LogP contribution in [0.15, 0.2) is 103 Å². The van der Waals surface area contributed by atoms with E-state index >= 15 is 0 Å². The lowest BCUT2D eigenvalue weighted by Gasteiger charge is -2.19. The van der Waals surface area contributed by atoms with Crippen LogP contribution in [-0.2, 0) is 19.8 Å². The van der Waals surface area contributed by atoms with Gasteiger partial charge in [-0.1, -0.05) is 105 Å². The second-order valence-electron chi connectivity index (χ2n) is 8.64. The van der Waals surface area contributed by atoms with Crippen LogP contribution in [0.4, 0.5) is 0 Å². The first kappa shape index (κ1) is 24.1. The Morgan fingerprint density at radius 3 is 1.34 bits per heavy atom. The SMILES string of the molecule is CC(C)C(=O)c1cc(OCc2ccccc2)c(OCc2ccccc2)c(OCc2ccccc2)c1. The molecule has 35 heavy (non-hydrogen) atoms. The van der Waals surface area contributed by atoms with Gasteiger partial charge in [0.1, 0.15) is 19.8 Å². The van der Waals surface area contributed by atoms with Gasteiger partial charge in [-0.05, 0) is 28.8 Å². The Morgan fingerprint density at radius 2 is 0.971 bits per heavy atom. The lowest BCUT2D eigenvalue weighted by atomic mass is 10.0. The van der Waals surface area contributed by atoms with Gasteiger partial charge in [0.05, 0.1) is 0 Å². The van der Waals surface area contributed by atoms with E-state index in [1.54, 1.807) is 12.1 Å². The Morgan fingerprint density at radius 1 is 0.600 bits per heavy atom. The van der Waals surface area contributed by atoms with Crippen molar-refractivity contribution in [3.05, 3.63) is 125 Å². The van der Waals surface area contributed by atoms with Crippen molar-refractivity contribution in [1.29, 1.82) is 0 Å². The summed E-state index contributed by atoms with van der Waals surface area (Å²) in [7, 11) is 0. The van der Waals surface area contributed by atoms with Crippen molar-refractivity contribution in [2.45, 2.75) is 33.7 Å². The Balaban J connectivity index is 1.69. The van der Waals surface area contributed by atoms with E-state index in [2.05, 4.69) is 0 Å². The first-order valence-electron chi connectivity index (χ1n) is 11.8. The second-order valence-corrected chi connectivity index (χ2v) is 8.64. The molecule has 0 heterocycles. The summed E-state index contributed by atoms with van der Waals surface area (Å²) in [5.74, 6) is 1.32. The average Bonchev–Trinajstić information content (AvgIpc) is 2.91. The number of ketones is 1. The molecule has 4 aromatic rings. The maximum atomic E-state index is 12.9. The highest BCUT2D eigenvalue weighted by molar-refractivity contribution is 5.98. The van der Waals surface area contributed by atoms with Gasteiger partial charge in [0, 0.05) is 11.5 Å². The molecule has 0 fully saturated rings. The number of Topliss-reactive ketones (excluding diaryl/α,β-unsaturated/α-hetero) is 1. The molecule has 0 saturated heterocycles. The Hall–Kier alpha value is -4.05. The molecule has 4 aromatic carbocycles. The standard InChI is InChI=1S/C31H30O4/c1-23(2)30(32)27-18-28(33-20-24-12-6-3-7-13-24)31(35-22-26-16-10-5-11-17-26)29(19-27)34-21-25-14-8-4-9-15-25/h3-19,23H,20-22H2,1-2H3. The number of carbonyl (C=O) groups is 1. The van der Waals surface area contributed by atoms with Crippen LogP contribution in [0.1, 0.15) is 40.9 Å². The molecule has 0 spiro atoms. The van der Waals surface area contributed by atoms with E-state index in [1.165, 1.54) is 0 Å². The fourth-order valence-corrected chi connectivity index (χ4v) is 3.61. The lowest BCUT2D eigenvalue weighted by Crippen LogP contribution is -2.10. The van der Waals surface area contributed by atoms with Crippen molar-refractivity contribution in [3.63, 3.8) is 0 Å². The van der Waals surface area contributed by atoms with Gasteiger partial charge in [0.25, 0.3) is 0 Å². The lowest BCUT2D eigenvalue weighted by molar-refractivity contribution is 0.0938. The highest BCUT2D eigenvalue weighted by Gasteiger charge is 2.21. The third kappa shape index (κ3) is 6.73. The third-order valence-electron chi connectivity index (χ3n) is 5.53. The first-order valence-corrected chi connectivity index (χ1v) is 11.8. The minimum Gasteiger partial charge on any atom is -0.485 e. The van der Waals surface area contributed by atoms with Gasteiger partial charge in [0.2, 0.25) is 5.75 Å². The Bertz CT molecular complexity index is 1150. The predicted octanol–water partition coefficient (Wildman–Crippen LogP) is 7.26. The van der Waals surface area contributed by atoms with Gasteiger partial charge in [-0.3, -0.25) is 4.79 Å². The smallest absolute Gasteiger partial charge is 0.203 e. The molecule has 0 aliphatic rings. The van der Waals surface area contributed by atoms with Crippen LogP contribution in [0.5, 0.6) is 17.2 Å². The highest BCUT2D eigenvalue weighted by atomic mass is 16.5. The number of hydrogen-bond donors (Lipinski definition) is 0. The number of benzene rings is 4. The minimum absolute atomic E-state index is 0.0220. The molecule has 178 valence electrons. The van der Waals surface area contributed by atoms with Crippen LogP contribution in [0, 0.1) is 5.92 Å². The van der Waals surface area contributed by atoms with Crippen LogP contribution >= 0.6 is 0 Å². The van der Waals surface area contributed by atoms with E-state index in [0.29, 0.717) is 42.6 Å². The van der Waals surface area contributed by atoms with Crippen molar-refractivity contribution >= 4 is 5.78 Å². The van der Waals surface area contributed by atoms with Gasteiger partial charge in [0.15, 0.2) is 17.3 Å². The molecule has 0 amide bonds. The van der Waals surface area contributed by atoms with E-state index in [1.807, 2.05) is 105 Å². The summed E-state index contributed by atoms with van der Waals surface area (Å²) in [6.45, 7) is 4.82. The summed E-state index contributed by atoms with van der Waals surface area (Å²) in [5.41, 5.74) is 3.61. The molecule has 4 nitrogen and oxygen atoms in total. The van der Waals surface area contributed by atoms with Gasteiger partial charge < -0.3 is 14.2 Å². The van der Waals surface area contributed by atoms with E-state index in [9.17, 15) is 4.79 Å². The van der Waals surface area contributed by atoms with Crippen molar-refractivity contribution in [3.8, 4) is 17.2 Å². The first-order chi connectivity index (χ1) is 17.1. The number of ether oxygens (including phenoxy) is 3. The van der Waals surface area contributed by atoms with Gasteiger partial charge in [-0.2, -0.15) is 0 Å². The summed E-state index contributed by atoms with van der Waals surface area (Å²) in [4.78, 5) is 12.9. The monoisotopic (exact) mass is 466 g/mol. The molecule has 4 rings (SSSR count). The number of carbonyl (C=O) groups excluding carboxylic acids is 1. The molecule has 0 radical (unpaired) electrons. The Labute approximate surface area is 207 Å². The molecule has 0 atom stereocenters. The normalized spacial score (nSPS) is 10.7. The van der Waals surface area contributed by atoms with E-state index in [4.69, 9.17) is 14.2 Å². The second kappa shape index (κ2) is 11.9. The Kier molecular flexibility index (Phi) is 8.18. The van der Waals surface area contributed by atoms with Crippen molar-refractivity contribution in [1.82, 2.24) is 0 Å². The summed E-state index contributed by atoms with van der Waals surface area (Å²) in [5, 5.41) is 0. The van der Waals surface area contributed by atoms with Crippen LogP contribution in [0.25, 0.3) is 0 Å². The van der Waals surface area contributed by atoms with Gasteiger partial charge in [-0.25, -0.2) is 0 Å². The topological polar surface area (TPSA) is 44.8 Å². The number of rotatable bonds is 11. The van der Waals surface area contributed by atoms with Crippen LogP contribution in [0.3, 0.4) is 0 Å². The summed E-state index contributed by atoms with van der Waals surface area (Å²) in [6, 6.07) is 33.3. The summed E-state index contributed by atoms with van der Waals surface area (Å²) in [6.07, 6.45) is 0. The van der Waals surface area contributed by atoms with Gasteiger partial charge >= 0.3 is 0 Å². The fraction of sp³-hybridized carbons (Fsp3) is 0.194. The van der Waals surface area contributed by atoms with E-state index in [-0.39, 0.29) is 11.7 Å². The predicted molar refractivity (Wildman–Crippen MR) is 138 cm³/mol. The maximum absolute atomic E-state index is 12.9. The van der Waals surface area contributed by atoms with Crippen LogP contribution in [-0.4, -0.2) is 5.78 Å². The molecule has 4 heteroatoms. The largest absolute Gasteiger partial charge is 0.485 e.